The Morgan fingerprint density at radius 3 is 2.52 bits per heavy atom. The molecule has 7 heteroatoms. The number of benzene rings is 1. The van der Waals surface area contributed by atoms with Gasteiger partial charge in [0.25, 0.3) is 0 Å². The van der Waals surface area contributed by atoms with Gasteiger partial charge >= 0.3 is 0 Å². The molecular weight excluding hydrogens is 361 g/mol. The molecule has 1 atom stereocenters. The van der Waals surface area contributed by atoms with E-state index in [1.54, 1.807) is 0 Å². The van der Waals surface area contributed by atoms with Crippen LogP contribution in [0.2, 0.25) is 0 Å². The lowest BCUT2D eigenvalue weighted by Gasteiger charge is -2.18. The molecule has 0 saturated heterocycles. The number of nitrogens with one attached hydrogen (secondary N) is 2. The first-order chi connectivity index (χ1) is 11.3. The third-order valence-corrected chi connectivity index (χ3v) is 3.63. The van der Waals surface area contributed by atoms with Crippen LogP contribution in [-0.4, -0.2) is 38.3 Å². The molecule has 0 saturated carbocycles. The summed E-state index contributed by atoms with van der Waals surface area (Å²) in [6.45, 7) is 5.39. The van der Waals surface area contributed by atoms with Gasteiger partial charge in [0.05, 0.1) is 6.04 Å². The molecule has 0 bridgehead atoms. The monoisotopic (exact) mass is 393 g/mol. The van der Waals surface area contributed by atoms with Crippen LogP contribution in [0.1, 0.15) is 38.2 Å². The first-order valence-electron chi connectivity index (χ1n) is 8.60. The molecule has 1 aromatic carbocycles. The number of halogens is 2. The van der Waals surface area contributed by atoms with E-state index in [1.807, 2.05) is 25.1 Å². The van der Waals surface area contributed by atoms with Crippen molar-refractivity contribution in [3.05, 3.63) is 35.9 Å². The lowest BCUT2D eigenvalue weighted by Crippen LogP contribution is -2.44. The molecule has 1 rings (SSSR count). The van der Waals surface area contributed by atoms with Crippen molar-refractivity contribution >= 4 is 30.7 Å². The van der Waals surface area contributed by atoms with Crippen LogP contribution in [0.3, 0.4) is 0 Å². The summed E-state index contributed by atoms with van der Waals surface area (Å²) >= 11 is 0. The van der Waals surface area contributed by atoms with E-state index in [0.29, 0.717) is 32.8 Å². The second kappa shape index (κ2) is 18.0. The zero-order valence-electron chi connectivity index (χ0n) is 15.0. The molecule has 0 aliphatic rings. The van der Waals surface area contributed by atoms with Crippen LogP contribution >= 0.6 is 24.8 Å². The smallest absolute Gasteiger partial charge is 0.237 e. The summed E-state index contributed by atoms with van der Waals surface area (Å²) in [6.07, 6.45) is 3.55. The Bertz CT molecular complexity index is 422. The number of hydrogen-bond acceptors (Lipinski definition) is 4. The summed E-state index contributed by atoms with van der Waals surface area (Å²) in [5.74, 6) is 0.0643. The van der Waals surface area contributed by atoms with Gasteiger partial charge in [-0.25, -0.2) is 0 Å². The second-order valence-electron chi connectivity index (χ2n) is 5.55. The Balaban J connectivity index is 0. The molecule has 0 radical (unpaired) electrons. The minimum absolute atomic E-state index is 0. The first kappa shape index (κ1) is 26.4. The van der Waals surface area contributed by atoms with Gasteiger partial charge in [-0.1, -0.05) is 36.8 Å². The summed E-state index contributed by atoms with van der Waals surface area (Å²) in [5.41, 5.74) is 6.73. The van der Waals surface area contributed by atoms with Crippen LogP contribution in [0.15, 0.2) is 30.3 Å². The van der Waals surface area contributed by atoms with Crippen molar-refractivity contribution in [3.63, 3.8) is 0 Å². The number of nitrogens with two attached hydrogens (primary N) is 1. The van der Waals surface area contributed by atoms with Crippen LogP contribution in [0.25, 0.3) is 0 Å². The van der Waals surface area contributed by atoms with E-state index in [2.05, 4.69) is 22.8 Å². The predicted octanol–water partition coefficient (Wildman–Crippen LogP) is 2.66. The van der Waals surface area contributed by atoms with Crippen molar-refractivity contribution in [2.75, 3.05) is 26.3 Å². The van der Waals surface area contributed by atoms with E-state index in [9.17, 15) is 4.79 Å². The molecule has 1 amide bonds. The van der Waals surface area contributed by atoms with Crippen LogP contribution in [0.5, 0.6) is 0 Å². The molecule has 0 fully saturated rings. The average molecular weight is 394 g/mol. The highest BCUT2D eigenvalue weighted by molar-refractivity contribution is 5.85. The zero-order valence-corrected chi connectivity index (χ0v) is 16.7. The third kappa shape index (κ3) is 13.1. The number of carbonyl (C=O) groups excluding carboxylic acids is 1. The minimum atomic E-state index is -0.172. The van der Waals surface area contributed by atoms with Gasteiger partial charge in [-0.3, -0.25) is 4.79 Å². The van der Waals surface area contributed by atoms with Gasteiger partial charge in [0.15, 0.2) is 0 Å². The van der Waals surface area contributed by atoms with Gasteiger partial charge < -0.3 is 21.1 Å². The second-order valence-corrected chi connectivity index (χ2v) is 5.55. The van der Waals surface area contributed by atoms with Crippen molar-refractivity contribution in [2.45, 2.75) is 45.2 Å². The SMILES string of the molecule is CCOCCCNC(=O)[C@H](CCCCN)NCc1ccccc1.Cl.Cl. The number of carbonyl (C=O) groups is 1. The maximum absolute atomic E-state index is 12.3. The molecule has 0 aliphatic heterocycles. The van der Waals surface area contributed by atoms with Gasteiger partial charge in [-0.05, 0) is 38.3 Å². The van der Waals surface area contributed by atoms with Crippen molar-refractivity contribution in [3.8, 4) is 0 Å². The van der Waals surface area contributed by atoms with Crippen molar-refractivity contribution in [1.82, 2.24) is 10.6 Å². The van der Waals surface area contributed by atoms with Crippen LogP contribution in [0, 0.1) is 0 Å². The predicted molar refractivity (Wildman–Crippen MR) is 109 cm³/mol. The normalized spacial score (nSPS) is 11.1. The summed E-state index contributed by atoms with van der Waals surface area (Å²) < 4.78 is 5.28. The van der Waals surface area contributed by atoms with Crippen LogP contribution in [-0.2, 0) is 16.1 Å². The maximum Gasteiger partial charge on any atom is 0.237 e. The fraction of sp³-hybridized carbons (Fsp3) is 0.611. The van der Waals surface area contributed by atoms with Crippen molar-refractivity contribution in [2.24, 2.45) is 5.73 Å². The number of amides is 1. The van der Waals surface area contributed by atoms with Gasteiger partial charge in [-0.15, -0.1) is 24.8 Å². The molecule has 146 valence electrons. The molecule has 5 nitrogen and oxygen atoms in total. The Kier molecular flexibility index (Phi) is 18.9. The highest BCUT2D eigenvalue weighted by Crippen LogP contribution is 2.04. The van der Waals surface area contributed by atoms with Crippen LogP contribution in [0.4, 0.5) is 0 Å². The van der Waals surface area contributed by atoms with Gasteiger partial charge in [-0.2, -0.15) is 0 Å². The zero-order chi connectivity index (χ0) is 16.8. The molecule has 25 heavy (non-hydrogen) atoms. The van der Waals surface area contributed by atoms with E-state index >= 15 is 0 Å². The quantitative estimate of drug-likeness (QED) is 0.450. The number of unbranched alkanes of at least 4 members (excludes halogenated alkanes) is 1. The molecule has 4 N–H and O–H groups in total. The van der Waals surface area contributed by atoms with Crippen molar-refractivity contribution < 1.29 is 9.53 Å². The average Bonchev–Trinajstić information content (AvgIpc) is 2.58. The standard InChI is InChI=1S/C18H31N3O2.2ClH/c1-2-23-14-8-13-20-18(22)17(11-6-7-12-19)21-15-16-9-4-3-5-10-16;;/h3-5,9-10,17,21H,2,6-8,11-15,19H2,1H3,(H,20,22);2*1H/t17-;;/m0../s1. The molecule has 0 heterocycles. The number of rotatable bonds is 13. The minimum Gasteiger partial charge on any atom is -0.382 e. The molecule has 0 aliphatic carbocycles. The summed E-state index contributed by atoms with van der Waals surface area (Å²) in [6, 6.07) is 9.96. The number of hydrogen-bond donors (Lipinski definition) is 3. The van der Waals surface area contributed by atoms with Crippen LogP contribution < -0.4 is 16.4 Å². The van der Waals surface area contributed by atoms with Gasteiger partial charge in [0, 0.05) is 26.3 Å². The first-order valence-corrected chi connectivity index (χ1v) is 8.60. The third-order valence-electron chi connectivity index (χ3n) is 3.63. The maximum atomic E-state index is 12.3. The fourth-order valence-electron chi connectivity index (χ4n) is 2.31. The fourth-order valence-corrected chi connectivity index (χ4v) is 2.31. The summed E-state index contributed by atoms with van der Waals surface area (Å²) in [7, 11) is 0. The Morgan fingerprint density at radius 1 is 1.16 bits per heavy atom. The summed E-state index contributed by atoms with van der Waals surface area (Å²) in [5, 5.41) is 6.35. The Hall–Kier alpha value is -0.850. The molecule has 0 unspecified atom stereocenters. The van der Waals surface area contributed by atoms with E-state index in [0.717, 1.165) is 25.7 Å². The Labute approximate surface area is 164 Å². The van der Waals surface area contributed by atoms with Gasteiger partial charge in [0.2, 0.25) is 5.91 Å². The lowest BCUT2D eigenvalue weighted by atomic mass is 10.1. The van der Waals surface area contributed by atoms with E-state index in [4.69, 9.17) is 10.5 Å². The van der Waals surface area contributed by atoms with E-state index in [-0.39, 0.29) is 36.8 Å². The molecular formula is C18H33Cl2N3O2. The Morgan fingerprint density at radius 2 is 1.88 bits per heavy atom. The summed E-state index contributed by atoms with van der Waals surface area (Å²) in [4.78, 5) is 12.3. The number of ether oxygens (including phenoxy) is 1. The molecule has 0 spiro atoms. The van der Waals surface area contributed by atoms with Crippen molar-refractivity contribution in [1.29, 1.82) is 0 Å². The van der Waals surface area contributed by atoms with Gasteiger partial charge in [0.1, 0.15) is 0 Å². The highest BCUT2D eigenvalue weighted by atomic mass is 35.5. The lowest BCUT2D eigenvalue weighted by molar-refractivity contribution is -0.123. The van der Waals surface area contributed by atoms with E-state index in [1.165, 1.54) is 5.56 Å². The molecule has 0 aromatic heterocycles. The largest absolute Gasteiger partial charge is 0.382 e. The highest BCUT2D eigenvalue weighted by Gasteiger charge is 2.16. The molecule has 1 aromatic rings. The topological polar surface area (TPSA) is 76.4 Å². The van der Waals surface area contributed by atoms with E-state index < -0.39 is 0 Å².